The molecule has 0 aromatic heterocycles. The highest BCUT2D eigenvalue weighted by molar-refractivity contribution is 5.72. The summed E-state index contributed by atoms with van der Waals surface area (Å²) in [5, 5.41) is 9.04. The van der Waals surface area contributed by atoms with E-state index in [2.05, 4.69) is 11.0 Å². The van der Waals surface area contributed by atoms with Crippen molar-refractivity contribution in [2.45, 2.75) is 6.10 Å². The third kappa shape index (κ3) is 3.23. The van der Waals surface area contributed by atoms with Crippen LogP contribution in [0.1, 0.15) is 5.56 Å². The molecule has 1 fully saturated rings. The molecule has 22 heavy (non-hydrogen) atoms. The number of carboxylic acids is 1. The fourth-order valence-corrected chi connectivity index (χ4v) is 2.70. The molecule has 118 valence electrons. The fraction of sp³-hybridized carbons (Fsp3) is 0.438. The first-order chi connectivity index (χ1) is 10.7. The van der Waals surface area contributed by atoms with E-state index in [9.17, 15) is 4.79 Å². The van der Waals surface area contributed by atoms with Crippen LogP contribution in [0.25, 0.3) is 6.08 Å². The lowest BCUT2D eigenvalue weighted by atomic mass is 10.1. The zero-order chi connectivity index (χ0) is 15.5. The second-order valence-electron chi connectivity index (χ2n) is 5.43. The number of carboxylic acid groups (broad SMARTS) is 1. The lowest BCUT2D eigenvalue weighted by Crippen LogP contribution is -2.46. The van der Waals surface area contributed by atoms with Crippen LogP contribution >= 0.6 is 0 Å². The molecule has 0 saturated carbocycles. The van der Waals surface area contributed by atoms with Crippen LogP contribution in [0.5, 0.6) is 11.5 Å². The Morgan fingerprint density at radius 3 is 3.14 bits per heavy atom. The highest BCUT2D eigenvalue weighted by Crippen LogP contribution is 2.30. The number of aliphatic carboxylic acids is 1. The second kappa shape index (κ2) is 6.37. The summed E-state index contributed by atoms with van der Waals surface area (Å²) in [6.45, 7) is 2.78. The zero-order valence-electron chi connectivity index (χ0n) is 12.4. The van der Waals surface area contributed by atoms with Crippen molar-refractivity contribution in [2.75, 3.05) is 40.0 Å². The first kappa shape index (κ1) is 14.9. The molecule has 3 rings (SSSR count). The van der Waals surface area contributed by atoms with Gasteiger partial charge in [-0.05, 0) is 29.8 Å². The van der Waals surface area contributed by atoms with Gasteiger partial charge in [-0.15, -0.1) is 0 Å². The molecule has 0 amide bonds. The number of carbonyl (C=O) groups is 1. The van der Waals surface area contributed by atoms with E-state index < -0.39 is 12.1 Å². The molecule has 0 radical (unpaired) electrons. The molecule has 1 aromatic carbocycles. The van der Waals surface area contributed by atoms with Crippen LogP contribution in [0, 0.1) is 0 Å². The number of nitrogens with zero attached hydrogens (tertiary/aromatic N) is 1. The third-order valence-corrected chi connectivity index (χ3v) is 3.84. The molecule has 2 aliphatic rings. The van der Waals surface area contributed by atoms with Crippen molar-refractivity contribution < 1.29 is 24.1 Å². The molecule has 0 spiro atoms. The van der Waals surface area contributed by atoms with Gasteiger partial charge in [0.25, 0.3) is 0 Å². The summed E-state index contributed by atoms with van der Waals surface area (Å²) in [6, 6.07) is 5.71. The van der Waals surface area contributed by atoms with Crippen LogP contribution < -0.4 is 9.47 Å². The summed E-state index contributed by atoms with van der Waals surface area (Å²) >= 11 is 0. The van der Waals surface area contributed by atoms with Crippen LogP contribution in [-0.2, 0) is 9.53 Å². The number of benzene rings is 1. The van der Waals surface area contributed by atoms with Crippen LogP contribution in [0.4, 0.5) is 0 Å². The Morgan fingerprint density at radius 2 is 2.36 bits per heavy atom. The first-order valence-corrected chi connectivity index (χ1v) is 7.23. The highest BCUT2D eigenvalue weighted by Gasteiger charge is 2.27. The normalized spacial score (nSPS) is 21.5. The molecular weight excluding hydrogens is 286 g/mol. The Kier molecular flexibility index (Phi) is 4.31. The van der Waals surface area contributed by atoms with Gasteiger partial charge in [0.15, 0.2) is 6.10 Å². The largest absolute Gasteiger partial charge is 0.497 e. The van der Waals surface area contributed by atoms with E-state index in [1.165, 1.54) is 0 Å². The van der Waals surface area contributed by atoms with Gasteiger partial charge in [-0.3, -0.25) is 4.90 Å². The van der Waals surface area contributed by atoms with E-state index in [-0.39, 0.29) is 0 Å². The van der Waals surface area contributed by atoms with Crippen molar-refractivity contribution in [2.24, 2.45) is 0 Å². The Morgan fingerprint density at radius 1 is 1.50 bits per heavy atom. The van der Waals surface area contributed by atoms with Crippen molar-refractivity contribution in [3.63, 3.8) is 0 Å². The monoisotopic (exact) mass is 305 g/mol. The predicted octanol–water partition coefficient (Wildman–Crippen LogP) is 1.26. The molecule has 1 atom stereocenters. The van der Waals surface area contributed by atoms with E-state index in [4.69, 9.17) is 19.3 Å². The molecule has 2 heterocycles. The maximum absolute atomic E-state index is 11.0. The van der Waals surface area contributed by atoms with Gasteiger partial charge in [0.05, 0.1) is 13.7 Å². The van der Waals surface area contributed by atoms with Crippen molar-refractivity contribution in [1.82, 2.24) is 4.90 Å². The van der Waals surface area contributed by atoms with Gasteiger partial charge < -0.3 is 19.3 Å². The predicted molar refractivity (Wildman–Crippen MR) is 80.3 cm³/mol. The maximum atomic E-state index is 11.0. The third-order valence-electron chi connectivity index (χ3n) is 3.84. The minimum atomic E-state index is -0.909. The van der Waals surface area contributed by atoms with Gasteiger partial charge in [-0.25, -0.2) is 4.79 Å². The Balaban J connectivity index is 1.70. The molecule has 0 bridgehead atoms. The van der Waals surface area contributed by atoms with Crippen molar-refractivity contribution >= 4 is 12.0 Å². The summed E-state index contributed by atoms with van der Waals surface area (Å²) in [7, 11) is 1.63. The quantitative estimate of drug-likeness (QED) is 0.903. The SMILES string of the molecule is COc1ccc2c(c1)C=C(CN1CCOC(C(=O)O)C1)CO2. The lowest BCUT2D eigenvalue weighted by Gasteiger charge is -2.32. The van der Waals surface area contributed by atoms with Crippen molar-refractivity contribution in [3.05, 3.63) is 29.3 Å². The Labute approximate surface area is 128 Å². The van der Waals surface area contributed by atoms with E-state index in [1.807, 2.05) is 18.2 Å². The smallest absolute Gasteiger partial charge is 0.334 e. The van der Waals surface area contributed by atoms with E-state index in [0.29, 0.717) is 26.3 Å². The van der Waals surface area contributed by atoms with Crippen molar-refractivity contribution in [3.8, 4) is 11.5 Å². The summed E-state index contributed by atoms with van der Waals surface area (Å²) in [5.41, 5.74) is 2.11. The number of ether oxygens (including phenoxy) is 3. The molecule has 1 aromatic rings. The molecule has 6 nitrogen and oxygen atoms in total. The topological polar surface area (TPSA) is 68.2 Å². The van der Waals surface area contributed by atoms with E-state index in [1.54, 1.807) is 7.11 Å². The minimum absolute atomic E-state index is 0.400. The molecule has 6 heteroatoms. The average Bonchev–Trinajstić information content (AvgIpc) is 2.54. The second-order valence-corrected chi connectivity index (χ2v) is 5.43. The van der Waals surface area contributed by atoms with Gasteiger partial charge in [0.2, 0.25) is 0 Å². The Bertz CT molecular complexity index is 598. The molecular formula is C16H19NO5. The molecule has 1 N–H and O–H groups in total. The number of morpholine rings is 1. The summed E-state index contributed by atoms with van der Waals surface area (Å²) < 4.78 is 16.2. The van der Waals surface area contributed by atoms with Crippen LogP contribution in [0.3, 0.4) is 0 Å². The molecule has 2 aliphatic heterocycles. The number of methoxy groups -OCH3 is 1. The minimum Gasteiger partial charge on any atom is -0.497 e. The van der Waals surface area contributed by atoms with Crippen LogP contribution in [-0.4, -0.2) is 62.0 Å². The first-order valence-electron chi connectivity index (χ1n) is 7.23. The molecule has 1 saturated heterocycles. The lowest BCUT2D eigenvalue weighted by molar-refractivity contribution is -0.155. The Hall–Kier alpha value is -2.05. The summed E-state index contributed by atoms with van der Waals surface area (Å²) in [6.07, 6.45) is 1.35. The number of fused-ring (bicyclic) bond motifs is 1. The molecule has 1 unspecified atom stereocenters. The summed E-state index contributed by atoms with van der Waals surface area (Å²) in [4.78, 5) is 13.1. The number of hydrogen-bond donors (Lipinski definition) is 1. The fourth-order valence-electron chi connectivity index (χ4n) is 2.70. The summed E-state index contributed by atoms with van der Waals surface area (Å²) in [5.74, 6) is 0.723. The van der Waals surface area contributed by atoms with E-state index >= 15 is 0 Å². The van der Waals surface area contributed by atoms with Gasteiger partial charge in [-0.1, -0.05) is 0 Å². The van der Waals surface area contributed by atoms with Gasteiger partial charge >= 0.3 is 5.97 Å². The van der Waals surface area contributed by atoms with Crippen molar-refractivity contribution in [1.29, 1.82) is 0 Å². The number of hydrogen-bond acceptors (Lipinski definition) is 5. The number of rotatable bonds is 4. The van der Waals surface area contributed by atoms with Gasteiger partial charge in [0.1, 0.15) is 18.1 Å². The van der Waals surface area contributed by atoms with Crippen LogP contribution in [0.2, 0.25) is 0 Å². The average molecular weight is 305 g/mol. The van der Waals surface area contributed by atoms with Gasteiger partial charge in [-0.2, -0.15) is 0 Å². The highest BCUT2D eigenvalue weighted by atomic mass is 16.5. The zero-order valence-corrected chi connectivity index (χ0v) is 12.4. The van der Waals surface area contributed by atoms with E-state index in [0.717, 1.165) is 29.2 Å². The van der Waals surface area contributed by atoms with Crippen LogP contribution in [0.15, 0.2) is 23.8 Å². The maximum Gasteiger partial charge on any atom is 0.334 e. The molecule has 0 aliphatic carbocycles. The standard InChI is InChI=1S/C16H19NO5/c1-20-13-2-3-14-12(7-13)6-11(10-22-14)8-17-4-5-21-15(9-17)16(18)19/h2-3,6-7,15H,4-5,8-10H2,1H3,(H,18,19). The van der Waals surface area contributed by atoms with Gasteiger partial charge in [0, 0.05) is 25.2 Å².